The average Bonchev–Trinajstić information content (AvgIpc) is 2.75. The third-order valence-electron chi connectivity index (χ3n) is 5.41. The molecule has 0 atom stereocenters. The second-order valence-corrected chi connectivity index (χ2v) is 7.43. The number of nitrogens with one attached hydrogen (secondary N) is 1. The predicted octanol–water partition coefficient (Wildman–Crippen LogP) is 5.93. The van der Waals surface area contributed by atoms with Crippen molar-refractivity contribution in [2.45, 2.75) is 44.0 Å². The predicted molar refractivity (Wildman–Crippen MR) is 108 cm³/mol. The molecule has 1 fully saturated rings. The number of nitrogens with zero attached hydrogens (tertiary/aromatic N) is 2. The maximum atomic E-state index is 13.1. The number of pyridine rings is 1. The zero-order valence-corrected chi connectivity index (χ0v) is 16.1. The molecule has 0 aliphatic heterocycles. The third kappa shape index (κ3) is 4.33. The highest BCUT2D eigenvalue weighted by atomic mass is 19.4. The lowest BCUT2D eigenvalue weighted by Crippen LogP contribution is -2.31. The third-order valence-corrected chi connectivity index (χ3v) is 5.41. The molecule has 30 heavy (non-hydrogen) atoms. The first-order chi connectivity index (χ1) is 14.4. The number of rotatable bonds is 4. The van der Waals surface area contributed by atoms with Crippen LogP contribution in [0.4, 0.5) is 19.0 Å². The zero-order valence-electron chi connectivity index (χ0n) is 16.1. The fourth-order valence-corrected chi connectivity index (χ4v) is 3.87. The number of aromatic nitrogens is 1. The molecule has 0 unspecified atom stereocenters. The minimum atomic E-state index is -4.59. The van der Waals surface area contributed by atoms with Gasteiger partial charge in [-0.1, -0.05) is 24.3 Å². The van der Waals surface area contributed by atoms with Crippen molar-refractivity contribution in [1.82, 2.24) is 4.98 Å². The SMILES string of the molecule is N#Cc1ccc(OC2CCC(Nc3nccc4ccccc34)CC2)cc1C(F)(F)F. The number of alkyl halides is 3. The number of halogens is 3. The van der Waals surface area contributed by atoms with Gasteiger partial charge in [0.25, 0.3) is 0 Å². The maximum absolute atomic E-state index is 13.1. The van der Waals surface area contributed by atoms with Gasteiger partial charge in [0, 0.05) is 17.6 Å². The highest BCUT2D eigenvalue weighted by Gasteiger charge is 2.34. The first-order valence-corrected chi connectivity index (χ1v) is 9.82. The normalized spacial score (nSPS) is 19.3. The number of hydrogen-bond donors (Lipinski definition) is 1. The van der Waals surface area contributed by atoms with Crippen molar-refractivity contribution in [1.29, 1.82) is 5.26 Å². The molecule has 0 spiro atoms. The van der Waals surface area contributed by atoms with Crippen molar-refractivity contribution in [2.24, 2.45) is 0 Å². The van der Waals surface area contributed by atoms with Crippen LogP contribution in [0.5, 0.6) is 5.75 Å². The lowest BCUT2D eigenvalue weighted by Gasteiger charge is -2.30. The van der Waals surface area contributed by atoms with Gasteiger partial charge in [0.15, 0.2) is 0 Å². The zero-order chi connectivity index (χ0) is 21.1. The van der Waals surface area contributed by atoms with E-state index in [1.54, 1.807) is 12.3 Å². The van der Waals surface area contributed by atoms with E-state index in [4.69, 9.17) is 10.00 Å². The molecule has 2 aromatic carbocycles. The number of anilines is 1. The summed E-state index contributed by atoms with van der Waals surface area (Å²) in [5.74, 6) is 0.993. The van der Waals surface area contributed by atoms with E-state index < -0.39 is 17.3 Å². The van der Waals surface area contributed by atoms with Crippen molar-refractivity contribution < 1.29 is 17.9 Å². The number of fused-ring (bicyclic) bond motifs is 1. The van der Waals surface area contributed by atoms with E-state index in [1.165, 1.54) is 6.07 Å². The van der Waals surface area contributed by atoms with Gasteiger partial charge in [-0.25, -0.2) is 4.98 Å². The summed E-state index contributed by atoms with van der Waals surface area (Å²) in [5.41, 5.74) is -1.36. The van der Waals surface area contributed by atoms with Crippen molar-refractivity contribution >= 4 is 16.6 Å². The van der Waals surface area contributed by atoms with E-state index >= 15 is 0 Å². The number of nitriles is 1. The van der Waals surface area contributed by atoms with Crippen LogP contribution in [0, 0.1) is 11.3 Å². The molecule has 1 saturated carbocycles. The summed E-state index contributed by atoms with van der Waals surface area (Å²) >= 11 is 0. The quantitative estimate of drug-likeness (QED) is 0.578. The van der Waals surface area contributed by atoms with Crippen LogP contribution in [0.3, 0.4) is 0 Å². The molecule has 4 nitrogen and oxygen atoms in total. The Balaban J connectivity index is 1.39. The Bertz CT molecular complexity index is 1080. The van der Waals surface area contributed by atoms with E-state index in [1.807, 2.05) is 30.3 Å². The van der Waals surface area contributed by atoms with E-state index in [9.17, 15) is 13.2 Å². The van der Waals surface area contributed by atoms with E-state index in [2.05, 4.69) is 10.3 Å². The highest BCUT2D eigenvalue weighted by Crippen LogP contribution is 2.35. The average molecular weight is 411 g/mol. The molecule has 0 bridgehead atoms. The number of ether oxygens (including phenoxy) is 1. The van der Waals surface area contributed by atoms with Crippen LogP contribution in [-0.2, 0) is 6.18 Å². The maximum Gasteiger partial charge on any atom is 0.417 e. The Kier molecular flexibility index (Phi) is 5.49. The van der Waals surface area contributed by atoms with Crippen molar-refractivity contribution in [3.63, 3.8) is 0 Å². The van der Waals surface area contributed by atoms with Crippen LogP contribution in [0.15, 0.2) is 54.7 Å². The van der Waals surface area contributed by atoms with Crippen molar-refractivity contribution in [2.75, 3.05) is 5.32 Å². The molecule has 0 saturated heterocycles. The first-order valence-electron chi connectivity index (χ1n) is 9.82. The van der Waals surface area contributed by atoms with Crippen LogP contribution >= 0.6 is 0 Å². The van der Waals surface area contributed by atoms with Gasteiger partial charge in [0.1, 0.15) is 11.6 Å². The van der Waals surface area contributed by atoms with Gasteiger partial charge in [-0.05, 0) is 55.3 Å². The molecule has 1 aliphatic carbocycles. The summed E-state index contributed by atoms with van der Waals surface area (Å²) in [5, 5.41) is 14.6. The van der Waals surface area contributed by atoms with Gasteiger partial charge in [-0.15, -0.1) is 0 Å². The largest absolute Gasteiger partial charge is 0.490 e. The Morgan fingerprint density at radius 3 is 2.53 bits per heavy atom. The second-order valence-electron chi connectivity index (χ2n) is 7.43. The molecule has 4 rings (SSSR count). The molecule has 154 valence electrons. The van der Waals surface area contributed by atoms with Crippen LogP contribution in [-0.4, -0.2) is 17.1 Å². The monoisotopic (exact) mass is 411 g/mol. The standard InChI is InChI=1S/C23H20F3N3O/c24-23(25,26)21-13-19(8-5-16(21)14-27)30-18-9-6-17(7-10-18)29-22-20-4-2-1-3-15(20)11-12-28-22/h1-5,8,11-13,17-18H,6-7,9-10H2,(H,28,29). The molecule has 3 aromatic rings. The summed E-state index contributed by atoms with van der Waals surface area (Å²) in [6, 6.07) is 15.3. The Morgan fingerprint density at radius 1 is 1.03 bits per heavy atom. The fraction of sp³-hybridized carbons (Fsp3) is 0.304. The van der Waals surface area contributed by atoms with E-state index in [0.29, 0.717) is 0 Å². The lowest BCUT2D eigenvalue weighted by molar-refractivity contribution is -0.137. The number of benzene rings is 2. The Hall–Kier alpha value is -3.27. The summed E-state index contributed by atoms with van der Waals surface area (Å²) in [6.45, 7) is 0. The van der Waals surface area contributed by atoms with Crippen LogP contribution in [0.25, 0.3) is 10.8 Å². The summed E-state index contributed by atoms with van der Waals surface area (Å²) < 4.78 is 45.2. The minimum Gasteiger partial charge on any atom is -0.490 e. The minimum absolute atomic E-state index is 0.147. The smallest absolute Gasteiger partial charge is 0.417 e. The van der Waals surface area contributed by atoms with Crippen LogP contribution < -0.4 is 10.1 Å². The summed E-state index contributed by atoms with van der Waals surface area (Å²) in [7, 11) is 0. The van der Waals surface area contributed by atoms with Crippen LogP contribution in [0.1, 0.15) is 36.8 Å². The molecular formula is C23H20F3N3O. The first kappa shape index (κ1) is 20.0. The summed E-state index contributed by atoms with van der Waals surface area (Å²) in [4.78, 5) is 4.46. The fourth-order valence-electron chi connectivity index (χ4n) is 3.87. The van der Waals surface area contributed by atoms with Crippen LogP contribution in [0.2, 0.25) is 0 Å². The molecule has 0 amide bonds. The number of hydrogen-bond acceptors (Lipinski definition) is 4. The highest BCUT2D eigenvalue weighted by molar-refractivity contribution is 5.91. The van der Waals surface area contributed by atoms with Crippen molar-refractivity contribution in [3.05, 3.63) is 65.9 Å². The van der Waals surface area contributed by atoms with Gasteiger partial charge < -0.3 is 10.1 Å². The van der Waals surface area contributed by atoms with E-state index in [-0.39, 0.29) is 17.9 Å². The Morgan fingerprint density at radius 2 is 1.80 bits per heavy atom. The van der Waals surface area contributed by atoms with Gasteiger partial charge in [-0.3, -0.25) is 0 Å². The lowest BCUT2D eigenvalue weighted by atomic mass is 9.92. The molecule has 0 radical (unpaired) electrons. The topological polar surface area (TPSA) is 57.9 Å². The molecule has 1 aromatic heterocycles. The second kappa shape index (κ2) is 8.23. The van der Waals surface area contributed by atoms with E-state index in [0.717, 1.165) is 54.4 Å². The van der Waals surface area contributed by atoms with Gasteiger partial charge in [0.2, 0.25) is 0 Å². The van der Waals surface area contributed by atoms with Gasteiger partial charge >= 0.3 is 6.18 Å². The molecule has 1 aliphatic rings. The molecule has 1 heterocycles. The van der Waals surface area contributed by atoms with Gasteiger partial charge in [0.05, 0.1) is 23.3 Å². The molecule has 1 N–H and O–H groups in total. The molecule has 7 heteroatoms. The summed E-state index contributed by atoms with van der Waals surface area (Å²) in [6.07, 6.45) is 0.154. The van der Waals surface area contributed by atoms with Gasteiger partial charge in [-0.2, -0.15) is 18.4 Å². The Labute approximate surface area is 172 Å². The van der Waals surface area contributed by atoms with Crippen molar-refractivity contribution in [3.8, 4) is 11.8 Å². The molecular weight excluding hydrogens is 391 g/mol.